The third kappa shape index (κ3) is 4.96. The van der Waals surface area contributed by atoms with Crippen LogP contribution in [-0.2, 0) is 16.0 Å². The van der Waals surface area contributed by atoms with Crippen molar-refractivity contribution in [2.75, 3.05) is 30.4 Å². The zero-order valence-corrected chi connectivity index (χ0v) is 13.9. The first-order chi connectivity index (χ1) is 12.2. The molecule has 0 spiro atoms. The molecule has 1 aromatic heterocycles. The number of rotatable bonds is 6. The summed E-state index contributed by atoms with van der Waals surface area (Å²) in [6, 6.07) is 10.1. The lowest BCUT2D eigenvalue weighted by Gasteiger charge is -2.20. The summed E-state index contributed by atoms with van der Waals surface area (Å²) in [5.41, 5.74) is 0.656. The molecule has 3 rings (SSSR count). The Labute approximate surface area is 145 Å². The molecule has 6 nitrogen and oxygen atoms in total. The van der Waals surface area contributed by atoms with E-state index < -0.39 is 0 Å². The molecule has 7 heteroatoms. The topological polar surface area (TPSA) is 76.1 Å². The molecule has 2 N–H and O–H groups in total. The van der Waals surface area contributed by atoms with Gasteiger partial charge in [-0.2, -0.15) is 0 Å². The summed E-state index contributed by atoms with van der Waals surface area (Å²) in [7, 11) is 0. The lowest BCUT2D eigenvalue weighted by atomic mass is 9.99. The van der Waals surface area contributed by atoms with Crippen LogP contribution < -0.4 is 10.6 Å². The minimum atomic E-state index is -0.207. The standard InChI is InChI=1S/C18H21FN4O2/c19-15-4-2-1-3-13(15)7-10-20-16-5-6-17(23-22-16)21-18(24)14-8-11-25-12-9-14/h1-6,14H,7-12H2,(H,20,22)(H,21,23,24). The molecule has 1 aliphatic rings. The van der Waals surface area contributed by atoms with Crippen LogP contribution >= 0.6 is 0 Å². The minimum Gasteiger partial charge on any atom is -0.381 e. The van der Waals surface area contributed by atoms with Gasteiger partial charge in [-0.3, -0.25) is 4.79 Å². The van der Waals surface area contributed by atoms with Crippen molar-refractivity contribution in [1.29, 1.82) is 0 Å². The van der Waals surface area contributed by atoms with Gasteiger partial charge in [0.1, 0.15) is 11.6 Å². The van der Waals surface area contributed by atoms with Gasteiger partial charge >= 0.3 is 0 Å². The van der Waals surface area contributed by atoms with E-state index in [1.165, 1.54) is 6.07 Å². The Morgan fingerprint density at radius 3 is 2.56 bits per heavy atom. The minimum absolute atomic E-state index is 0.0332. The molecule has 1 aromatic carbocycles. The fourth-order valence-corrected chi connectivity index (χ4v) is 2.71. The van der Waals surface area contributed by atoms with Crippen LogP contribution in [0.4, 0.5) is 16.0 Å². The van der Waals surface area contributed by atoms with E-state index in [-0.39, 0.29) is 17.6 Å². The van der Waals surface area contributed by atoms with Gasteiger partial charge in [-0.05, 0) is 43.0 Å². The fourth-order valence-electron chi connectivity index (χ4n) is 2.71. The number of hydrogen-bond donors (Lipinski definition) is 2. The maximum absolute atomic E-state index is 13.5. The number of anilines is 2. The Kier molecular flexibility index (Phi) is 5.90. The number of ether oxygens (including phenoxy) is 1. The van der Waals surface area contributed by atoms with Gasteiger partial charge in [0.2, 0.25) is 5.91 Å². The zero-order chi connectivity index (χ0) is 17.5. The van der Waals surface area contributed by atoms with Gasteiger partial charge in [-0.25, -0.2) is 4.39 Å². The highest BCUT2D eigenvalue weighted by Gasteiger charge is 2.21. The molecule has 2 aromatic rings. The van der Waals surface area contributed by atoms with Crippen molar-refractivity contribution >= 4 is 17.5 Å². The zero-order valence-electron chi connectivity index (χ0n) is 13.9. The Morgan fingerprint density at radius 2 is 1.84 bits per heavy atom. The number of halogens is 1. The van der Waals surface area contributed by atoms with Gasteiger partial charge in [0.05, 0.1) is 0 Å². The van der Waals surface area contributed by atoms with Crippen molar-refractivity contribution in [3.05, 3.63) is 47.8 Å². The number of benzene rings is 1. The Balaban J connectivity index is 1.47. The monoisotopic (exact) mass is 344 g/mol. The summed E-state index contributed by atoms with van der Waals surface area (Å²) in [4.78, 5) is 12.1. The van der Waals surface area contributed by atoms with E-state index in [2.05, 4.69) is 20.8 Å². The van der Waals surface area contributed by atoms with Gasteiger partial charge in [0.25, 0.3) is 0 Å². The van der Waals surface area contributed by atoms with Crippen LogP contribution in [0.25, 0.3) is 0 Å². The van der Waals surface area contributed by atoms with E-state index in [9.17, 15) is 9.18 Å². The number of amides is 1. The van der Waals surface area contributed by atoms with Crippen LogP contribution in [-0.4, -0.2) is 35.9 Å². The van der Waals surface area contributed by atoms with Crippen molar-refractivity contribution in [3.63, 3.8) is 0 Å². The number of carbonyl (C=O) groups is 1. The van der Waals surface area contributed by atoms with E-state index in [1.54, 1.807) is 24.3 Å². The molecule has 0 aliphatic carbocycles. The van der Waals surface area contributed by atoms with Crippen molar-refractivity contribution in [2.45, 2.75) is 19.3 Å². The number of nitrogens with zero attached hydrogens (tertiary/aromatic N) is 2. The molecule has 25 heavy (non-hydrogen) atoms. The summed E-state index contributed by atoms with van der Waals surface area (Å²) >= 11 is 0. The quantitative estimate of drug-likeness (QED) is 0.842. The van der Waals surface area contributed by atoms with Gasteiger partial charge in [0, 0.05) is 25.7 Å². The first-order valence-corrected chi connectivity index (χ1v) is 8.42. The van der Waals surface area contributed by atoms with E-state index in [1.807, 2.05) is 6.07 Å². The van der Waals surface area contributed by atoms with Crippen molar-refractivity contribution < 1.29 is 13.9 Å². The van der Waals surface area contributed by atoms with Gasteiger partial charge in [-0.15, -0.1) is 10.2 Å². The van der Waals surface area contributed by atoms with Crippen LogP contribution in [0.3, 0.4) is 0 Å². The first kappa shape index (κ1) is 17.3. The number of nitrogens with one attached hydrogen (secondary N) is 2. The van der Waals surface area contributed by atoms with Crippen molar-refractivity contribution in [3.8, 4) is 0 Å². The van der Waals surface area contributed by atoms with Gasteiger partial charge in [0.15, 0.2) is 5.82 Å². The van der Waals surface area contributed by atoms with Crippen molar-refractivity contribution in [1.82, 2.24) is 10.2 Å². The predicted octanol–water partition coefficient (Wildman–Crippen LogP) is 2.64. The average Bonchev–Trinajstić information content (AvgIpc) is 2.65. The Hall–Kier alpha value is -2.54. The van der Waals surface area contributed by atoms with Crippen molar-refractivity contribution in [2.24, 2.45) is 5.92 Å². The molecule has 1 aliphatic heterocycles. The Morgan fingerprint density at radius 1 is 1.12 bits per heavy atom. The van der Waals surface area contributed by atoms with E-state index >= 15 is 0 Å². The van der Waals surface area contributed by atoms with Crippen LogP contribution in [0.1, 0.15) is 18.4 Å². The van der Waals surface area contributed by atoms with Crippen LogP contribution in [0.15, 0.2) is 36.4 Å². The highest BCUT2D eigenvalue weighted by atomic mass is 19.1. The molecule has 0 atom stereocenters. The third-order valence-electron chi connectivity index (χ3n) is 4.17. The molecule has 1 saturated heterocycles. The molecule has 0 saturated carbocycles. The molecule has 132 valence electrons. The number of hydrogen-bond acceptors (Lipinski definition) is 5. The lowest BCUT2D eigenvalue weighted by molar-refractivity contribution is -0.122. The largest absolute Gasteiger partial charge is 0.381 e. The number of carbonyl (C=O) groups excluding carboxylic acids is 1. The first-order valence-electron chi connectivity index (χ1n) is 8.42. The molecular formula is C18H21FN4O2. The van der Waals surface area contributed by atoms with Crippen LogP contribution in [0.2, 0.25) is 0 Å². The average molecular weight is 344 g/mol. The summed E-state index contributed by atoms with van der Waals surface area (Å²) in [6.45, 7) is 1.78. The van der Waals surface area contributed by atoms with Gasteiger partial charge in [-0.1, -0.05) is 18.2 Å². The second kappa shape index (κ2) is 8.53. The smallest absolute Gasteiger partial charge is 0.228 e. The second-order valence-corrected chi connectivity index (χ2v) is 5.95. The molecule has 1 amide bonds. The molecular weight excluding hydrogens is 323 g/mol. The molecule has 0 unspecified atom stereocenters. The fraction of sp³-hybridized carbons (Fsp3) is 0.389. The molecule has 0 bridgehead atoms. The van der Waals surface area contributed by atoms with Crippen LogP contribution in [0, 0.1) is 11.7 Å². The highest BCUT2D eigenvalue weighted by Crippen LogP contribution is 2.17. The molecule has 2 heterocycles. The number of aromatic nitrogens is 2. The Bertz CT molecular complexity index is 702. The van der Waals surface area contributed by atoms with Gasteiger partial charge < -0.3 is 15.4 Å². The maximum Gasteiger partial charge on any atom is 0.228 e. The van der Waals surface area contributed by atoms with Crippen LogP contribution in [0.5, 0.6) is 0 Å². The van der Waals surface area contributed by atoms with E-state index in [0.717, 1.165) is 12.8 Å². The summed E-state index contributed by atoms with van der Waals surface area (Å²) in [6.07, 6.45) is 2.01. The molecule has 0 radical (unpaired) electrons. The highest BCUT2D eigenvalue weighted by molar-refractivity contribution is 5.91. The molecule has 1 fully saturated rings. The normalized spacial score (nSPS) is 14.9. The third-order valence-corrected chi connectivity index (χ3v) is 4.17. The maximum atomic E-state index is 13.5. The van der Waals surface area contributed by atoms with E-state index in [4.69, 9.17) is 4.74 Å². The summed E-state index contributed by atoms with van der Waals surface area (Å²) in [5.74, 6) is 0.727. The second-order valence-electron chi connectivity index (χ2n) is 5.95. The lowest BCUT2D eigenvalue weighted by Crippen LogP contribution is -2.28. The van der Waals surface area contributed by atoms with E-state index in [0.29, 0.717) is 43.4 Å². The predicted molar refractivity (Wildman–Crippen MR) is 92.8 cm³/mol. The SMILES string of the molecule is O=C(Nc1ccc(NCCc2ccccc2F)nn1)C1CCOCC1. The summed E-state index contributed by atoms with van der Waals surface area (Å²) in [5, 5.41) is 13.9. The summed E-state index contributed by atoms with van der Waals surface area (Å²) < 4.78 is 18.8.